The number of thiol groups is 1. The van der Waals surface area contributed by atoms with E-state index >= 15 is 0 Å². The van der Waals surface area contributed by atoms with Crippen molar-refractivity contribution in [3.63, 3.8) is 0 Å². The molecule has 0 saturated carbocycles. The van der Waals surface area contributed by atoms with Gasteiger partial charge in [0.15, 0.2) is 21.4 Å². The molecular formula is C5H4N4O2S. The molecule has 0 fully saturated rings. The Morgan fingerprint density at radius 3 is 2.83 bits per heavy atom. The number of fused-ring (bicyclic) bond motifs is 1. The molecule has 7 heteroatoms. The number of imidazole rings is 1. The summed E-state index contributed by atoms with van der Waals surface area (Å²) in [6.07, 6.45) is 2.56. The Morgan fingerprint density at radius 2 is 2.08 bits per heavy atom. The van der Waals surface area contributed by atoms with Gasteiger partial charge < -0.3 is 4.98 Å². The van der Waals surface area contributed by atoms with Crippen LogP contribution in [0.4, 0.5) is 0 Å². The van der Waals surface area contributed by atoms with Crippen molar-refractivity contribution in [3.8, 4) is 0 Å². The predicted octanol–water partition coefficient (Wildman–Crippen LogP) is -0.677. The highest BCUT2D eigenvalue weighted by Gasteiger charge is 2.06. The molecule has 0 aliphatic carbocycles. The lowest BCUT2D eigenvalue weighted by Gasteiger charge is -1.88. The van der Waals surface area contributed by atoms with Gasteiger partial charge >= 0.3 is 0 Å². The van der Waals surface area contributed by atoms with E-state index in [1.807, 2.05) is 0 Å². The van der Waals surface area contributed by atoms with Crippen LogP contribution in [0.3, 0.4) is 0 Å². The third-order valence-corrected chi connectivity index (χ3v) is 2.04. The maximum Gasteiger partial charge on any atom is 0.187 e. The van der Waals surface area contributed by atoms with Gasteiger partial charge in [0, 0.05) is 0 Å². The van der Waals surface area contributed by atoms with Crippen LogP contribution in [-0.2, 0) is 10.7 Å². The van der Waals surface area contributed by atoms with Crippen molar-refractivity contribution < 1.29 is 8.42 Å². The number of nitrogens with one attached hydrogen (secondary N) is 1. The molecule has 0 aromatic carbocycles. The fourth-order valence-electron chi connectivity index (χ4n) is 0.886. The molecule has 0 aliphatic heterocycles. The predicted molar refractivity (Wildman–Crippen MR) is 40.3 cm³/mol. The lowest BCUT2D eigenvalue weighted by Crippen LogP contribution is -1.90. The summed E-state index contributed by atoms with van der Waals surface area (Å²) in [7, 11) is -2.70. The van der Waals surface area contributed by atoms with Crippen molar-refractivity contribution in [2.24, 2.45) is 0 Å². The van der Waals surface area contributed by atoms with Gasteiger partial charge in [0.25, 0.3) is 0 Å². The molecule has 2 rings (SSSR count). The van der Waals surface area contributed by atoms with E-state index in [-0.39, 0.29) is 10.5 Å². The first-order valence-corrected chi connectivity index (χ1v) is 4.25. The maximum absolute atomic E-state index is 10.6. The number of H-pyrrole nitrogens is 1. The Labute approximate surface area is 68.6 Å². The van der Waals surface area contributed by atoms with E-state index in [2.05, 4.69) is 19.9 Å². The molecule has 2 aromatic rings. The van der Waals surface area contributed by atoms with Crippen LogP contribution in [0.15, 0.2) is 17.7 Å². The van der Waals surface area contributed by atoms with Crippen LogP contribution < -0.4 is 0 Å². The molecule has 0 unspecified atom stereocenters. The zero-order valence-electron chi connectivity index (χ0n) is 5.76. The molecule has 2 aromatic heterocycles. The van der Waals surface area contributed by atoms with Crippen LogP contribution in [0.1, 0.15) is 0 Å². The number of nitrogens with zero attached hydrogens (tertiary/aromatic N) is 3. The Hall–Kier alpha value is -1.50. The van der Waals surface area contributed by atoms with E-state index in [9.17, 15) is 8.42 Å². The second kappa shape index (κ2) is 2.52. The molecule has 2 heterocycles. The van der Waals surface area contributed by atoms with Crippen LogP contribution in [0.25, 0.3) is 11.2 Å². The first-order chi connectivity index (χ1) is 5.79. The summed E-state index contributed by atoms with van der Waals surface area (Å²) in [5.74, 6) is 0. The molecule has 1 N–H and O–H groups in total. The minimum atomic E-state index is -2.70. The number of aromatic amines is 1. The summed E-state index contributed by atoms with van der Waals surface area (Å²) in [6, 6.07) is 0. The molecule has 0 radical (unpaired) electrons. The van der Waals surface area contributed by atoms with Crippen LogP contribution in [0, 0.1) is 0 Å². The van der Waals surface area contributed by atoms with Crippen LogP contribution in [-0.4, -0.2) is 28.4 Å². The molecule has 0 aliphatic rings. The summed E-state index contributed by atoms with van der Waals surface area (Å²) in [6.45, 7) is 0. The monoisotopic (exact) mass is 184 g/mol. The Kier molecular flexibility index (Phi) is 1.51. The number of rotatable bonds is 1. The van der Waals surface area contributed by atoms with Gasteiger partial charge in [0.05, 0.1) is 6.33 Å². The van der Waals surface area contributed by atoms with Gasteiger partial charge in [0.2, 0.25) is 0 Å². The van der Waals surface area contributed by atoms with Gasteiger partial charge in [0.1, 0.15) is 11.8 Å². The average Bonchev–Trinajstić information content (AvgIpc) is 2.49. The van der Waals surface area contributed by atoms with Gasteiger partial charge in [-0.15, -0.1) is 0 Å². The van der Waals surface area contributed by atoms with E-state index in [0.29, 0.717) is 5.65 Å². The Morgan fingerprint density at radius 1 is 1.25 bits per heavy atom. The number of hydrogen-bond donors (Lipinski definition) is 2. The van der Waals surface area contributed by atoms with E-state index in [1.54, 1.807) is 0 Å². The Bertz CT molecular complexity index is 481. The molecule has 0 atom stereocenters. The standard InChI is InChI=1S/C5H4N4O2S/c10-12(11)5-3-4(7-1-6-3)8-2-9-5/h1-2,12H,(H,6,7,8,9). The highest BCUT2D eigenvalue weighted by molar-refractivity contribution is 7.72. The zero-order valence-corrected chi connectivity index (χ0v) is 6.65. The summed E-state index contributed by atoms with van der Waals surface area (Å²) < 4.78 is 21.2. The summed E-state index contributed by atoms with van der Waals surface area (Å²) in [5, 5.41) is -0.0451. The van der Waals surface area contributed by atoms with Gasteiger partial charge in [-0.1, -0.05) is 0 Å². The molecule has 0 spiro atoms. The molecule has 0 saturated heterocycles. The fourth-order valence-corrected chi connectivity index (χ4v) is 1.37. The van der Waals surface area contributed by atoms with Crippen LogP contribution in [0.2, 0.25) is 0 Å². The number of aromatic nitrogens is 4. The normalized spacial score (nSPS) is 11.1. The largest absolute Gasteiger partial charge is 0.329 e. The molecule has 12 heavy (non-hydrogen) atoms. The highest BCUT2D eigenvalue weighted by Crippen LogP contribution is 2.09. The highest BCUT2D eigenvalue weighted by atomic mass is 32.2. The van der Waals surface area contributed by atoms with Crippen LogP contribution in [0.5, 0.6) is 0 Å². The van der Waals surface area contributed by atoms with E-state index < -0.39 is 10.7 Å². The van der Waals surface area contributed by atoms with E-state index in [1.165, 1.54) is 12.7 Å². The maximum atomic E-state index is 10.6. The Balaban J connectivity index is 2.91. The van der Waals surface area contributed by atoms with Gasteiger partial charge in [-0.2, -0.15) is 0 Å². The number of hydrogen-bond acceptors (Lipinski definition) is 5. The van der Waals surface area contributed by atoms with Crippen molar-refractivity contribution in [2.45, 2.75) is 5.03 Å². The van der Waals surface area contributed by atoms with Crippen molar-refractivity contribution in [2.75, 3.05) is 0 Å². The van der Waals surface area contributed by atoms with Crippen LogP contribution >= 0.6 is 0 Å². The summed E-state index contributed by atoms with van der Waals surface area (Å²) in [5.41, 5.74) is 0.716. The van der Waals surface area contributed by atoms with Gasteiger partial charge in [-0.3, -0.25) is 0 Å². The summed E-state index contributed by atoms with van der Waals surface area (Å²) in [4.78, 5) is 13.8. The molecule has 0 bridgehead atoms. The summed E-state index contributed by atoms with van der Waals surface area (Å²) >= 11 is 0. The van der Waals surface area contributed by atoms with E-state index in [4.69, 9.17) is 0 Å². The molecule has 62 valence electrons. The third-order valence-electron chi connectivity index (χ3n) is 1.37. The van der Waals surface area contributed by atoms with Crippen molar-refractivity contribution in [1.29, 1.82) is 0 Å². The molecule has 0 amide bonds. The topological polar surface area (TPSA) is 88.6 Å². The first kappa shape index (κ1) is 7.17. The smallest absolute Gasteiger partial charge is 0.187 e. The van der Waals surface area contributed by atoms with Gasteiger partial charge in [-0.05, 0) is 0 Å². The average molecular weight is 184 g/mol. The second-order valence-corrected chi connectivity index (χ2v) is 2.99. The van der Waals surface area contributed by atoms with Crippen molar-refractivity contribution >= 4 is 21.9 Å². The minimum Gasteiger partial charge on any atom is -0.329 e. The minimum absolute atomic E-state index is 0.0451. The second-order valence-electron chi connectivity index (χ2n) is 2.05. The molecule has 6 nitrogen and oxygen atoms in total. The van der Waals surface area contributed by atoms with Gasteiger partial charge in [-0.25, -0.2) is 23.4 Å². The van der Waals surface area contributed by atoms with Crippen molar-refractivity contribution in [3.05, 3.63) is 12.7 Å². The zero-order chi connectivity index (χ0) is 8.55. The first-order valence-electron chi connectivity index (χ1n) is 3.07. The SMILES string of the molecule is O=[SH](=O)c1ncnc2[nH]cnc12. The lowest BCUT2D eigenvalue weighted by molar-refractivity contribution is 0.612. The quantitative estimate of drug-likeness (QED) is 0.453. The third kappa shape index (κ3) is 0.944. The van der Waals surface area contributed by atoms with E-state index in [0.717, 1.165) is 0 Å². The lowest BCUT2D eigenvalue weighted by atomic mass is 10.6. The fraction of sp³-hybridized carbons (Fsp3) is 0. The van der Waals surface area contributed by atoms with Crippen molar-refractivity contribution in [1.82, 2.24) is 19.9 Å². The molecular weight excluding hydrogens is 180 g/mol.